The van der Waals surface area contributed by atoms with Gasteiger partial charge in [-0.1, -0.05) is 30.3 Å². The van der Waals surface area contributed by atoms with E-state index in [2.05, 4.69) is 10.3 Å². The number of hydroxylamine groups is 1. The monoisotopic (exact) mass is 394 g/mol. The van der Waals surface area contributed by atoms with E-state index in [0.717, 1.165) is 10.9 Å². The minimum Gasteiger partial charge on any atom is -0.395 e. The Hall–Kier alpha value is -3.33. The highest BCUT2D eigenvalue weighted by Crippen LogP contribution is 2.19. The Morgan fingerprint density at radius 2 is 1.79 bits per heavy atom. The molecule has 0 fully saturated rings. The van der Waals surface area contributed by atoms with Crippen LogP contribution in [0.2, 0.25) is 0 Å². The lowest BCUT2D eigenvalue weighted by atomic mass is 10.1. The summed E-state index contributed by atoms with van der Waals surface area (Å²) in [5.74, 6) is -0.587. The van der Waals surface area contributed by atoms with Crippen LogP contribution in [0.1, 0.15) is 15.9 Å². The minimum atomic E-state index is -0.374. The van der Waals surface area contributed by atoms with Crippen LogP contribution in [0.15, 0.2) is 60.8 Å². The minimum absolute atomic E-state index is 0.160. The van der Waals surface area contributed by atoms with Crippen molar-refractivity contribution in [2.24, 2.45) is 0 Å². The van der Waals surface area contributed by atoms with Crippen LogP contribution >= 0.6 is 0 Å². The number of aliphatic hydroxyl groups excluding tert-OH is 1. The summed E-state index contributed by atoms with van der Waals surface area (Å²) >= 11 is 0. The topological polar surface area (TPSA) is 115 Å². The number of nitrogens with one attached hydrogen (secondary N) is 2. The van der Waals surface area contributed by atoms with Gasteiger partial charge in [0.25, 0.3) is 5.91 Å². The molecule has 150 valence electrons. The van der Waals surface area contributed by atoms with Crippen molar-refractivity contribution in [3.8, 4) is 0 Å². The lowest BCUT2D eigenvalue weighted by Gasteiger charge is -2.22. The molecule has 0 aliphatic heterocycles. The van der Waals surface area contributed by atoms with Crippen molar-refractivity contribution in [3.63, 3.8) is 0 Å². The SMILES string of the molecule is O=C(CNO)Nc1ccc(CN(CCO)C(=O)c2cccc3cccnc23)cc1. The van der Waals surface area contributed by atoms with Crippen molar-refractivity contribution in [1.82, 2.24) is 15.4 Å². The maximum atomic E-state index is 13.1. The molecule has 0 spiro atoms. The number of benzene rings is 2. The first-order chi connectivity index (χ1) is 14.1. The summed E-state index contributed by atoms with van der Waals surface area (Å²) in [4.78, 5) is 30.5. The van der Waals surface area contributed by atoms with Gasteiger partial charge in [0.2, 0.25) is 5.91 Å². The number of fused-ring (bicyclic) bond motifs is 1. The summed E-state index contributed by atoms with van der Waals surface area (Å²) in [7, 11) is 0. The molecule has 2 amide bonds. The highest BCUT2D eigenvalue weighted by Gasteiger charge is 2.18. The molecule has 0 radical (unpaired) electrons. The smallest absolute Gasteiger partial charge is 0.256 e. The summed E-state index contributed by atoms with van der Waals surface area (Å²) in [6, 6.07) is 16.2. The van der Waals surface area contributed by atoms with Gasteiger partial charge in [0.05, 0.1) is 17.7 Å². The number of carbonyl (C=O) groups excluding carboxylic acids is 2. The van der Waals surface area contributed by atoms with Gasteiger partial charge in [0.1, 0.15) is 6.54 Å². The van der Waals surface area contributed by atoms with Gasteiger partial charge in [-0.2, -0.15) is 5.48 Å². The van der Waals surface area contributed by atoms with Crippen LogP contribution in [0, 0.1) is 0 Å². The number of pyridine rings is 1. The number of hydrogen-bond acceptors (Lipinski definition) is 6. The van der Waals surface area contributed by atoms with E-state index in [1.807, 2.05) is 24.3 Å². The van der Waals surface area contributed by atoms with Gasteiger partial charge in [-0.25, -0.2) is 0 Å². The molecule has 0 aliphatic carbocycles. The number of anilines is 1. The molecule has 1 aromatic heterocycles. The number of para-hydroxylation sites is 1. The van der Waals surface area contributed by atoms with Gasteiger partial charge in [-0.15, -0.1) is 0 Å². The zero-order valence-corrected chi connectivity index (χ0v) is 15.7. The molecule has 0 aliphatic rings. The molecule has 29 heavy (non-hydrogen) atoms. The molecular weight excluding hydrogens is 372 g/mol. The van der Waals surface area contributed by atoms with Crippen molar-refractivity contribution < 1.29 is 19.9 Å². The largest absolute Gasteiger partial charge is 0.395 e. The van der Waals surface area contributed by atoms with Crippen molar-refractivity contribution in [2.45, 2.75) is 6.54 Å². The fourth-order valence-corrected chi connectivity index (χ4v) is 3.01. The molecule has 0 unspecified atom stereocenters. The second-order valence-electron chi connectivity index (χ2n) is 6.41. The third kappa shape index (κ3) is 5.14. The van der Waals surface area contributed by atoms with E-state index in [1.54, 1.807) is 46.9 Å². The highest BCUT2D eigenvalue weighted by atomic mass is 16.5. The molecule has 1 heterocycles. The maximum absolute atomic E-state index is 13.1. The van der Waals surface area contributed by atoms with E-state index in [1.165, 1.54) is 0 Å². The number of carbonyl (C=O) groups is 2. The van der Waals surface area contributed by atoms with E-state index in [0.29, 0.717) is 23.3 Å². The maximum Gasteiger partial charge on any atom is 0.256 e. The van der Waals surface area contributed by atoms with Gasteiger partial charge in [0, 0.05) is 30.4 Å². The zero-order chi connectivity index (χ0) is 20.6. The number of rotatable bonds is 8. The van der Waals surface area contributed by atoms with Gasteiger partial charge < -0.3 is 20.5 Å². The molecule has 3 aromatic rings. The molecule has 0 atom stereocenters. The molecule has 0 saturated carbocycles. The average Bonchev–Trinajstić information content (AvgIpc) is 2.74. The molecular formula is C21H22N4O4. The van der Waals surface area contributed by atoms with Crippen LogP contribution in [-0.4, -0.2) is 51.7 Å². The van der Waals surface area contributed by atoms with Crippen LogP contribution in [0.3, 0.4) is 0 Å². The first-order valence-electron chi connectivity index (χ1n) is 9.12. The van der Waals surface area contributed by atoms with Crippen LogP contribution in [-0.2, 0) is 11.3 Å². The Kier molecular flexibility index (Phi) is 6.85. The second kappa shape index (κ2) is 9.74. The predicted molar refractivity (Wildman–Crippen MR) is 108 cm³/mol. The fourth-order valence-electron chi connectivity index (χ4n) is 3.01. The summed E-state index contributed by atoms with van der Waals surface area (Å²) in [5.41, 5.74) is 4.32. The number of aromatic nitrogens is 1. The number of hydrogen-bond donors (Lipinski definition) is 4. The van der Waals surface area contributed by atoms with Crippen molar-refractivity contribution >= 4 is 28.4 Å². The Labute approximate surface area is 167 Å². The normalized spacial score (nSPS) is 10.7. The summed E-state index contributed by atoms with van der Waals surface area (Å²) in [6.45, 7) is 0.115. The van der Waals surface area contributed by atoms with Gasteiger partial charge >= 0.3 is 0 Å². The summed E-state index contributed by atoms with van der Waals surface area (Å²) in [5, 5.41) is 21.5. The standard InChI is InChI=1S/C21H22N4O4/c26-12-11-25(14-15-6-8-17(9-7-15)24-19(27)13-23-29)21(28)18-5-1-3-16-4-2-10-22-20(16)18/h1-10,23,26,29H,11-14H2,(H,24,27). The van der Waals surface area contributed by atoms with Gasteiger partial charge in [-0.3, -0.25) is 14.6 Å². The first kappa shape index (κ1) is 20.4. The zero-order valence-electron chi connectivity index (χ0n) is 15.7. The molecule has 0 saturated heterocycles. The predicted octanol–water partition coefficient (Wildman–Crippen LogP) is 1.79. The number of nitrogens with zero attached hydrogens (tertiary/aromatic N) is 2. The van der Waals surface area contributed by atoms with Crippen molar-refractivity contribution in [3.05, 3.63) is 71.9 Å². The first-order valence-corrected chi connectivity index (χ1v) is 9.12. The van der Waals surface area contributed by atoms with E-state index in [9.17, 15) is 14.7 Å². The Bertz CT molecular complexity index is 986. The second-order valence-corrected chi connectivity index (χ2v) is 6.41. The Morgan fingerprint density at radius 1 is 1.03 bits per heavy atom. The average molecular weight is 394 g/mol. The summed E-state index contributed by atoms with van der Waals surface area (Å²) in [6.07, 6.45) is 1.65. The molecule has 8 heteroatoms. The lowest BCUT2D eigenvalue weighted by molar-refractivity contribution is -0.116. The molecule has 3 rings (SSSR count). The molecule has 4 N–H and O–H groups in total. The Balaban J connectivity index is 1.77. The number of aliphatic hydroxyl groups is 1. The quantitative estimate of drug-likeness (QED) is 0.433. The third-order valence-electron chi connectivity index (χ3n) is 4.37. The van der Waals surface area contributed by atoms with Crippen molar-refractivity contribution in [1.29, 1.82) is 0 Å². The summed E-state index contributed by atoms with van der Waals surface area (Å²) < 4.78 is 0. The molecule has 2 aromatic carbocycles. The van der Waals surface area contributed by atoms with E-state index in [-0.39, 0.29) is 31.5 Å². The lowest BCUT2D eigenvalue weighted by Crippen LogP contribution is -2.33. The highest BCUT2D eigenvalue weighted by molar-refractivity contribution is 6.05. The van der Waals surface area contributed by atoms with Crippen LogP contribution in [0.5, 0.6) is 0 Å². The van der Waals surface area contributed by atoms with Crippen LogP contribution < -0.4 is 10.8 Å². The van der Waals surface area contributed by atoms with Crippen LogP contribution in [0.4, 0.5) is 5.69 Å². The van der Waals surface area contributed by atoms with Gasteiger partial charge in [-0.05, 0) is 29.8 Å². The van der Waals surface area contributed by atoms with E-state index >= 15 is 0 Å². The van der Waals surface area contributed by atoms with Crippen molar-refractivity contribution in [2.75, 3.05) is 25.0 Å². The van der Waals surface area contributed by atoms with E-state index < -0.39 is 0 Å². The number of amides is 2. The Morgan fingerprint density at radius 3 is 2.52 bits per heavy atom. The fraction of sp³-hybridized carbons (Fsp3) is 0.190. The molecule has 8 nitrogen and oxygen atoms in total. The van der Waals surface area contributed by atoms with Crippen LogP contribution in [0.25, 0.3) is 10.9 Å². The van der Waals surface area contributed by atoms with Gasteiger partial charge in [0.15, 0.2) is 0 Å². The molecule has 0 bridgehead atoms. The van der Waals surface area contributed by atoms with E-state index in [4.69, 9.17) is 5.21 Å². The third-order valence-corrected chi connectivity index (χ3v) is 4.37.